The molecule has 0 unspecified atom stereocenters. The SMILES string of the molecule is CC(C)C[C@H](NC(=O)OCc1ccccc1)C(=O)N/C(=C/N1CCCCC1)C(N)=O. The van der Waals surface area contributed by atoms with Crippen molar-refractivity contribution in [3.63, 3.8) is 0 Å². The van der Waals surface area contributed by atoms with Crippen LogP contribution in [0.2, 0.25) is 0 Å². The summed E-state index contributed by atoms with van der Waals surface area (Å²) >= 11 is 0. The van der Waals surface area contributed by atoms with Crippen LogP contribution in [0.5, 0.6) is 0 Å². The number of hydrogen-bond donors (Lipinski definition) is 3. The summed E-state index contributed by atoms with van der Waals surface area (Å²) in [5.41, 5.74) is 6.32. The minimum Gasteiger partial charge on any atom is -0.445 e. The maximum Gasteiger partial charge on any atom is 0.408 e. The Morgan fingerprint density at radius 2 is 1.80 bits per heavy atom. The third-order valence-corrected chi connectivity index (χ3v) is 4.75. The third kappa shape index (κ3) is 8.14. The monoisotopic (exact) mass is 416 g/mol. The molecule has 0 bridgehead atoms. The number of carbonyl (C=O) groups excluding carboxylic acids is 3. The van der Waals surface area contributed by atoms with Gasteiger partial charge in [-0.15, -0.1) is 0 Å². The van der Waals surface area contributed by atoms with E-state index >= 15 is 0 Å². The number of alkyl carbamates (subject to hydrolysis) is 1. The summed E-state index contributed by atoms with van der Waals surface area (Å²) in [6.45, 7) is 5.61. The fourth-order valence-corrected chi connectivity index (χ4v) is 3.22. The van der Waals surface area contributed by atoms with Crippen molar-refractivity contribution in [1.29, 1.82) is 0 Å². The van der Waals surface area contributed by atoms with Gasteiger partial charge in [0.25, 0.3) is 5.91 Å². The second kappa shape index (κ2) is 11.8. The average Bonchev–Trinajstić information content (AvgIpc) is 2.72. The van der Waals surface area contributed by atoms with Crippen LogP contribution in [0.1, 0.15) is 45.1 Å². The second-order valence-corrected chi connectivity index (χ2v) is 7.88. The first-order valence-electron chi connectivity index (χ1n) is 10.4. The summed E-state index contributed by atoms with van der Waals surface area (Å²) in [7, 11) is 0. The molecule has 0 aliphatic carbocycles. The molecule has 1 aromatic carbocycles. The first kappa shape index (κ1) is 23.3. The normalized spacial score (nSPS) is 15.4. The molecule has 8 heteroatoms. The second-order valence-electron chi connectivity index (χ2n) is 7.88. The van der Waals surface area contributed by atoms with Crippen LogP contribution in [0.4, 0.5) is 4.79 Å². The number of benzene rings is 1. The summed E-state index contributed by atoms with van der Waals surface area (Å²) in [6.07, 6.45) is 4.50. The molecule has 0 radical (unpaired) electrons. The molecule has 1 fully saturated rings. The quantitative estimate of drug-likeness (QED) is 0.534. The Bertz CT molecular complexity index is 743. The number of piperidine rings is 1. The van der Waals surface area contributed by atoms with E-state index in [0.717, 1.165) is 37.9 Å². The van der Waals surface area contributed by atoms with Gasteiger partial charge in [-0.3, -0.25) is 9.59 Å². The Balaban J connectivity index is 1.99. The Kier molecular flexibility index (Phi) is 9.18. The van der Waals surface area contributed by atoms with Gasteiger partial charge >= 0.3 is 6.09 Å². The van der Waals surface area contributed by atoms with Crippen LogP contribution in [-0.2, 0) is 20.9 Å². The van der Waals surface area contributed by atoms with Crippen molar-refractivity contribution in [2.75, 3.05) is 13.1 Å². The Labute approximate surface area is 177 Å². The van der Waals surface area contributed by atoms with Crippen LogP contribution in [0.15, 0.2) is 42.2 Å². The van der Waals surface area contributed by atoms with E-state index in [4.69, 9.17) is 10.5 Å². The highest BCUT2D eigenvalue weighted by molar-refractivity contribution is 5.98. The maximum atomic E-state index is 12.8. The molecule has 1 heterocycles. The third-order valence-electron chi connectivity index (χ3n) is 4.75. The molecule has 1 aromatic rings. The van der Waals surface area contributed by atoms with Gasteiger partial charge in [0.15, 0.2) is 0 Å². The molecule has 30 heavy (non-hydrogen) atoms. The van der Waals surface area contributed by atoms with Crippen molar-refractivity contribution in [2.24, 2.45) is 11.7 Å². The van der Waals surface area contributed by atoms with E-state index in [2.05, 4.69) is 10.6 Å². The van der Waals surface area contributed by atoms with Crippen LogP contribution >= 0.6 is 0 Å². The van der Waals surface area contributed by atoms with E-state index in [0.29, 0.717) is 6.42 Å². The zero-order valence-electron chi connectivity index (χ0n) is 17.7. The minimum absolute atomic E-state index is 0.0232. The fourth-order valence-electron chi connectivity index (χ4n) is 3.22. The molecule has 8 nitrogen and oxygen atoms in total. The lowest BCUT2D eigenvalue weighted by atomic mass is 10.0. The van der Waals surface area contributed by atoms with Crippen molar-refractivity contribution in [2.45, 2.75) is 52.2 Å². The smallest absolute Gasteiger partial charge is 0.408 e. The van der Waals surface area contributed by atoms with Crippen molar-refractivity contribution < 1.29 is 19.1 Å². The Morgan fingerprint density at radius 1 is 1.13 bits per heavy atom. The number of nitrogens with two attached hydrogens (primary N) is 1. The van der Waals surface area contributed by atoms with Crippen molar-refractivity contribution in [1.82, 2.24) is 15.5 Å². The summed E-state index contributed by atoms with van der Waals surface area (Å²) in [5.74, 6) is -1.08. The van der Waals surface area contributed by atoms with Crippen LogP contribution < -0.4 is 16.4 Å². The van der Waals surface area contributed by atoms with Gasteiger partial charge in [0.05, 0.1) is 0 Å². The molecule has 164 valence electrons. The first-order valence-corrected chi connectivity index (χ1v) is 10.4. The molecule has 3 amide bonds. The molecule has 1 aliphatic rings. The molecule has 2 rings (SSSR count). The molecule has 4 N–H and O–H groups in total. The fraction of sp³-hybridized carbons (Fsp3) is 0.500. The van der Waals surface area contributed by atoms with Gasteiger partial charge in [-0.25, -0.2) is 4.79 Å². The molecule has 1 aliphatic heterocycles. The number of rotatable bonds is 9. The van der Waals surface area contributed by atoms with Gasteiger partial charge in [0.1, 0.15) is 18.3 Å². The maximum absolute atomic E-state index is 12.8. The van der Waals surface area contributed by atoms with Crippen LogP contribution in [0.25, 0.3) is 0 Å². The summed E-state index contributed by atoms with van der Waals surface area (Å²) < 4.78 is 5.22. The number of ether oxygens (including phenoxy) is 1. The first-order chi connectivity index (χ1) is 14.3. The van der Waals surface area contributed by atoms with Gasteiger partial charge in [-0.2, -0.15) is 0 Å². The molecule has 1 atom stereocenters. The number of nitrogens with zero attached hydrogens (tertiary/aromatic N) is 1. The largest absolute Gasteiger partial charge is 0.445 e. The van der Waals surface area contributed by atoms with E-state index in [1.165, 1.54) is 0 Å². The highest BCUT2D eigenvalue weighted by atomic mass is 16.5. The van der Waals surface area contributed by atoms with E-state index in [-0.39, 0.29) is 18.2 Å². The number of carbonyl (C=O) groups is 3. The van der Waals surface area contributed by atoms with Crippen molar-refractivity contribution in [3.8, 4) is 0 Å². The Hall–Kier alpha value is -3.03. The lowest BCUT2D eigenvalue weighted by Gasteiger charge is -2.26. The summed E-state index contributed by atoms with van der Waals surface area (Å²) in [5, 5.41) is 5.18. The number of primary amides is 1. The minimum atomic E-state index is -0.850. The van der Waals surface area contributed by atoms with Gasteiger partial charge in [-0.1, -0.05) is 44.2 Å². The lowest BCUT2D eigenvalue weighted by Crippen LogP contribution is -2.48. The zero-order valence-corrected chi connectivity index (χ0v) is 17.7. The van der Waals surface area contributed by atoms with Crippen LogP contribution in [0.3, 0.4) is 0 Å². The molecular formula is C22H32N4O4. The van der Waals surface area contributed by atoms with Crippen LogP contribution in [-0.4, -0.2) is 41.9 Å². The molecular weight excluding hydrogens is 384 g/mol. The van der Waals surface area contributed by atoms with Gasteiger partial charge in [0, 0.05) is 19.3 Å². The van der Waals surface area contributed by atoms with Gasteiger partial charge in [-0.05, 0) is 37.2 Å². The summed E-state index contributed by atoms with van der Waals surface area (Å²) in [6, 6.07) is 8.42. The molecule has 0 spiro atoms. The zero-order chi connectivity index (χ0) is 21.9. The predicted octanol–water partition coefficient (Wildman–Crippen LogP) is 2.26. The van der Waals surface area contributed by atoms with Crippen molar-refractivity contribution in [3.05, 3.63) is 47.8 Å². The van der Waals surface area contributed by atoms with E-state index in [9.17, 15) is 14.4 Å². The highest BCUT2D eigenvalue weighted by Crippen LogP contribution is 2.11. The van der Waals surface area contributed by atoms with Crippen LogP contribution in [0, 0.1) is 5.92 Å². The average molecular weight is 417 g/mol. The topological polar surface area (TPSA) is 114 Å². The number of likely N-dealkylation sites (tertiary alicyclic amines) is 1. The number of amides is 3. The molecule has 0 aromatic heterocycles. The predicted molar refractivity (Wildman–Crippen MR) is 114 cm³/mol. The lowest BCUT2D eigenvalue weighted by molar-refractivity contribution is -0.124. The van der Waals surface area contributed by atoms with Gasteiger partial charge < -0.3 is 26.0 Å². The standard InChI is InChI=1S/C22H32N4O4/c1-16(2)13-18(25-22(29)30-15-17-9-5-3-6-10-17)21(28)24-19(20(23)27)14-26-11-7-4-8-12-26/h3,5-6,9-10,14,16,18H,4,7-8,11-13,15H2,1-2H3,(H2,23,27)(H,24,28)(H,25,29)/b19-14+/t18-/m0/s1. The highest BCUT2D eigenvalue weighted by Gasteiger charge is 2.25. The van der Waals surface area contributed by atoms with E-state index in [1.54, 1.807) is 6.20 Å². The summed E-state index contributed by atoms with van der Waals surface area (Å²) in [4.78, 5) is 38.8. The number of nitrogens with one attached hydrogen (secondary N) is 2. The van der Waals surface area contributed by atoms with Crippen molar-refractivity contribution >= 4 is 17.9 Å². The van der Waals surface area contributed by atoms with Gasteiger partial charge in [0.2, 0.25) is 5.91 Å². The Morgan fingerprint density at radius 3 is 2.40 bits per heavy atom. The molecule has 1 saturated heterocycles. The number of hydrogen-bond acceptors (Lipinski definition) is 5. The van der Waals surface area contributed by atoms with E-state index < -0.39 is 23.9 Å². The van der Waals surface area contributed by atoms with E-state index in [1.807, 2.05) is 49.1 Å². The molecule has 0 saturated carbocycles.